The minimum absolute atomic E-state index is 0.00340. The lowest BCUT2D eigenvalue weighted by molar-refractivity contribution is -0.149. The predicted molar refractivity (Wildman–Crippen MR) is 230 cm³/mol. The average Bonchev–Trinajstić information content (AvgIpc) is 3.93. The van der Waals surface area contributed by atoms with Crippen LogP contribution in [0.15, 0.2) is 4.99 Å². The third-order valence-electron chi connectivity index (χ3n) is 10.8. The molecule has 0 bridgehead atoms. The fraction of sp³-hybridized carbons (Fsp3) is 0.718. The van der Waals surface area contributed by atoms with E-state index in [0.29, 0.717) is 12.8 Å². The number of aliphatic carboxylic acids is 2. The lowest BCUT2D eigenvalue weighted by atomic mass is 10.0. The van der Waals surface area contributed by atoms with Gasteiger partial charge in [-0.15, -0.1) is 0 Å². The maximum absolute atomic E-state index is 14.1. The molecule has 2 rings (SSSR count). The molecule has 8 amide bonds. The molecule has 0 aromatic carbocycles. The summed E-state index contributed by atoms with van der Waals surface area (Å²) in [6.07, 6.45) is -2.96. The summed E-state index contributed by atoms with van der Waals surface area (Å²) < 4.78 is 0. The minimum Gasteiger partial charge on any atom is -0.481 e. The topological polar surface area (TPSA) is 441 Å². The number of nitrogens with two attached hydrogens (primary N) is 3. The van der Waals surface area contributed by atoms with Crippen LogP contribution in [0.2, 0.25) is 0 Å². The largest absolute Gasteiger partial charge is 0.481 e. The van der Waals surface area contributed by atoms with E-state index in [1.807, 2.05) is 5.32 Å². The zero-order chi connectivity index (χ0) is 50.2. The zero-order valence-electron chi connectivity index (χ0n) is 37.6. The number of hydrogen-bond acceptors (Lipinski definition) is 15. The molecular weight excluding hydrogens is 876 g/mol. The van der Waals surface area contributed by atoms with Crippen molar-refractivity contribution >= 4 is 65.2 Å². The Morgan fingerprint density at radius 3 is 1.68 bits per heavy atom. The lowest BCUT2D eigenvalue weighted by Crippen LogP contribution is -2.63. The van der Waals surface area contributed by atoms with Gasteiger partial charge in [-0.2, -0.15) is 0 Å². The third kappa shape index (κ3) is 16.4. The Morgan fingerprint density at radius 1 is 0.652 bits per heavy atom. The normalized spacial score (nSPS) is 19.9. The van der Waals surface area contributed by atoms with Crippen molar-refractivity contribution in [1.82, 2.24) is 41.7 Å². The van der Waals surface area contributed by atoms with Crippen molar-refractivity contribution < 1.29 is 73.5 Å². The smallest absolute Gasteiger partial charge is 0.328 e. The number of carbonyl (C=O) groups is 10. The maximum Gasteiger partial charge on any atom is 0.328 e. The van der Waals surface area contributed by atoms with Crippen molar-refractivity contribution in [3.8, 4) is 0 Å². The second kappa shape index (κ2) is 26.1. The number of aliphatic imine (C=N–C) groups is 1. The quantitative estimate of drug-likeness (QED) is 0.0230. The molecule has 66 heavy (non-hydrogen) atoms. The first-order valence-electron chi connectivity index (χ1n) is 21.5. The molecule has 0 aromatic heterocycles. The van der Waals surface area contributed by atoms with Crippen molar-refractivity contribution in [2.75, 3.05) is 26.2 Å². The fourth-order valence-corrected chi connectivity index (χ4v) is 7.24. The van der Waals surface area contributed by atoms with Crippen LogP contribution in [0.25, 0.3) is 0 Å². The number of guanidine groups is 1. The zero-order valence-corrected chi connectivity index (χ0v) is 37.6. The van der Waals surface area contributed by atoms with Gasteiger partial charge in [-0.05, 0) is 65.2 Å². The molecule has 2 saturated heterocycles. The molecule has 2 heterocycles. The molecule has 11 atom stereocenters. The van der Waals surface area contributed by atoms with E-state index in [9.17, 15) is 73.5 Å². The van der Waals surface area contributed by atoms with E-state index in [4.69, 9.17) is 17.2 Å². The van der Waals surface area contributed by atoms with E-state index < -0.39 is 145 Å². The number of likely N-dealkylation sites (tertiary alicyclic amines) is 2. The highest BCUT2D eigenvalue weighted by Gasteiger charge is 2.45. The van der Waals surface area contributed by atoms with Crippen LogP contribution in [-0.2, 0) is 47.9 Å². The number of aliphatic hydroxyl groups is 3. The Kier molecular flexibility index (Phi) is 22.1. The minimum atomic E-state index is -1.78. The van der Waals surface area contributed by atoms with Crippen molar-refractivity contribution in [2.45, 2.75) is 146 Å². The van der Waals surface area contributed by atoms with Gasteiger partial charge in [-0.1, -0.05) is 13.8 Å². The van der Waals surface area contributed by atoms with Crippen LogP contribution in [0.1, 0.15) is 79.6 Å². The van der Waals surface area contributed by atoms with Gasteiger partial charge in [0.05, 0.1) is 31.3 Å². The van der Waals surface area contributed by atoms with Crippen LogP contribution >= 0.6 is 0 Å². The molecule has 2 aliphatic heterocycles. The van der Waals surface area contributed by atoms with Crippen molar-refractivity contribution in [3.05, 3.63) is 0 Å². The summed E-state index contributed by atoms with van der Waals surface area (Å²) in [5, 5.41) is 62.8. The van der Waals surface area contributed by atoms with Gasteiger partial charge in [0, 0.05) is 19.6 Å². The molecule has 0 spiro atoms. The van der Waals surface area contributed by atoms with Crippen LogP contribution in [0.4, 0.5) is 0 Å². The van der Waals surface area contributed by atoms with E-state index in [2.05, 4.69) is 31.6 Å². The maximum atomic E-state index is 14.1. The number of nitrogens with one attached hydrogen (secondary N) is 6. The van der Waals surface area contributed by atoms with Gasteiger partial charge in [-0.25, -0.2) is 4.79 Å². The number of carboxylic acid groups (broad SMARTS) is 2. The Morgan fingerprint density at radius 2 is 1.17 bits per heavy atom. The number of nitrogens with zero attached hydrogens (tertiary/aromatic N) is 3. The highest BCUT2D eigenvalue weighted by Crippen LogP contribution is 2.26. The van der Waals surface area contributed by atoms with Crippen LogP contribution in [0.3, 0.4) is 0 Å². The van der Waals surface area contributed by atoms with Crippen molar-refractivity contribution in [3.63, 3.8) is 0 Å². The number of hydrogen-bond donors (Lipinski definition) is 14. The van der Waals surface area contributed by atoms with Gasteiger partial charge < -0.3 is 84.4 Å². The summed E-state index contributed by atoms with van der Waals surface area (Å²) in [6, 6.07) is -13.0. The molecule has 0 aromatic rings. The van der Waals surface area contributed by atoms with E-state index in [0.717, 1.165) is 18.7 Å². The molecule has 27 nitrogen and oxygen atoms in total. The molecule has 2 aliphatic rings. The molecule has 372 valence electrons. The van der Waals surface area contributed by atoms with Crippen LogP contribution in [0, 0.1) is 5.92 Å². The first-order chi connectivity index (χ1) is 30.8. The standard InChI is InChI=1S/C39H66N12O15/c1-17(2)27(34(61)46-23(16-52)32(59)49-29(20(5)54)38(65)66)47-35(62)28(19(4)53)48-31(58)21(9-6-12-43-39(41)42)44-33(60)24-10-7-13-50(24)37(64)25-11-8-14-51(25)36(63)22(15-26(55)56)45-30(57)18(3)40/h17-25,27-29,52-54H,6-16,40H2,1-5H3,(H,44,60)(H,45,57)(H,46,61)(H,47,62)(H,48,58)(H,49,59)(H,55,56)(H,65,66)(H4,41,42,43)/t18-,19+,20+,21-,22-,23-,24-,25-,27-,28-,29-/m0/s1. The summed E-state index contributed by atoms with van der Waals surface area (Å²) in [5.41, 5.74) is 16.5. The molecule has 0 radical (unpaired) electrons. The number of rotatable bonds is 25. The van der Waals surface area contributed by atoms with Crippen molar-refractivity contribution in [2.24, 2.45) is 28.1 Å². The highest BCUT2D eigenvalue weighted by molar-refractivity contribution is 5.99. The summed E-state index contributed by atoms with van der Waals surface area (Å²) in [7, 11) is 0. The molecule has 2 fully saturated rings. The monoisotopic (exact) mass is 942 g/mol. The molecule has 17 N–H and O–H groups in total. The molecule has 0 unspecified atom stereocenters. The SMILES string of the molecule is CC(C)[C@H](NC(=O)[C@@H](NC(=O)[C@H](CCCN=C(N)N)NC(=O)[C@@H]1CCCN1C(=O)[C@@H]1CCCN1C(=O)[C@H](CC(=O)O)NC(=O)[C@H](C)N)[C@@H](C)O)C(=O)N[C@@H](CO)C(=O)N[C@H](C(=O)O)[C@@H](C)O. The second-order valence-corrected chi connectivity index (χ2v) is 16.6. The van der Waals surface area contributed by atoms with Gasteiger partial charge in [0.2, 0.25) is 47.3 Å². The average molecular weight is 943 g/mol. The Bertz CT molecular complexity index is 1810. The Balaban J connectivity index is 2.31. The van der Waals surface area contributed by atoms with E-state index in [-0.39, 0.29) is 51.3 Å². The third-order valence-corrected chi connectivity index (χ3v) is 10.8. The van der Waals surface area contributed by atoms with E-state index in [1.54, 1.807) is 0 Å². The fourth-order valence-electron chi connectivity index (χ4n) is 7.24. The molecule has 0 aliphatic carbocycles. The van der Waals surface area contributed by atoms with E-state index in [1.165, 1.54) is 25.7 Å². The number of aliphatic hydroxyl groups excluding tert-OH is 3. The first kappa shape index (κ1) is 55.9. The molecular formula is C39H66N12O15. The Hall–Kier alpha value is -6.19. The Labute approximate surface area is 380 Å². The molecule has 0 saturated carbocycles. The summed E-state index contributed by atoms with van der Waals surface area (Å²) in [5.74, 6) is -11.2. The van der Waals surface area contributed by atoms with Crippen LogP contribution in [-0.4, -0.2) is 193 Å². The second-order valence-electron chi connectivity index (χ2n) is 16.6. The number of carboxylic acids is 2. The number of carbonyl (C=O) groups excluding carboxylic acids is 8. The summed E-state index contributed by atoms with van der Waals surface area (Å²) >= 11 is 0. The molecule has 27 heteroatoms. The van der Waals surface area contributed by atoms with Crippen LogP contribution in [0.5, 0.6) is 0 Å². The van der Waals surface area contributed by atoms with Gasteiger partial charge in [0.15, 0.2) is 12.0 Å². The summed E-state index contributed by atoms with van der Waals surface area (Å²) in [6.45, 7) is 5.74. The summed E-state index contributed by atoms with van der Waals surface area (Å²) in [4.78, 5) is 137. The van der Waals surface area contributed by atoms with Gasteiger partial charge in [0.25, 0.3) is 0 Å². The van der Waals surface area contributed by atoms with E-state index >= 15 is 0 Å². The lowest BCUT2D eigenvalue weighted by Gasteiger charge is -2.33. The van der Waals surface area contributed by atoms with Gasteiger partial charge in [0.1, 0.15) is 42.3 Å². The number of amides is 8. The van der Waals surface area contributed by atoms with Crippen molar-refractivity contribution in [1.29, 1.82) is 0 Å². The first-order valence-corrected chi connectivity index (χ1v) is 21.5. The van der Waals surface area contributed by atoms with Crippen LogP contribution < -0.4 is 49.1 Å². The predicted octanol–water partition coefficient (Wildman–Crippen LogP) is -6.75. The highest BCUT2D eigenvalue weighted by atomic mass is 16.4. The van der Waals surface area contributed by atoms with Gasteiger partial charge >= 0.3 is 11.9 Å². The van der Waals surface area contributed by atoms with Gasteiger partial charge in [-0.3, -0.25) is 48.1 Å².